The van der Waals surface area contributed by atoms with Crippen LogP contribution in [0.3, 0.4) is 0 Å². The van der Waals surface area contributed by atoms with E-state index in [1.54, 1.807) is 0 Å². The van der Waals surface area contributed by atoms with Crippen LogP contribution in [0.25, 0.3) is 0 Å². The van der Waals surface area contributed by atoms with Crippen LogP contribution in [0.4, 0.5) is 0 Å². The number of hydrogen-bond donors (Lipinski definition) is 1. The molecule has 0 aliphatic carbocycles. The lowest BCUT2D eigenvalue weighted by atomic mass is 10.1. The molecular formula is C9H15N3OS. The van der Waals surface area contributed by atoms with Gasteiger partial charge in [0.1, 0.15) is 6.10 Å². The molecule has 14 heavy (non-hydrogen) atoms. The lowest BCUT2D eigenvalue weighted by molar-refractivity contribution is 0.00718. The molecule has 0 bridgehead atoms. The van der Waals surface area contributed by atoms with E-state index >= 15 is 0 Å². The van der Waals surface area contributed by atoms with Crippen molar-refractivity contribution in [2.45, 2.75) is 38.8 Å². The molecule has 1 fully saturated rings. The van der Waals surface area contributed by atoms with E-state index in [9.17, 15) is 0 Å². The Morgan fingerprint density at radius 1 is 1.64 bits per heavy atom. The normalized spacial score (nSPS) is 22.5. The molecule has 5 heteroatoms. The van der Waals surface area contributed by atoms with Gasteiger partial charge in [0.05, 0.1) is 0 Å². The van der Waals surface area contributed by atoms with Gasteiger partial charge in [0.15, 0.2) is 10.6 Å². The minimum Gasteiger partial charge on any atom is -0.370 e. The van der Waals surface area contributed by atoms with Gasteiger partial charge >= 0.3 is 0 Å². The van der Waals surface area contributed by atoms with Crippen LogP contribution < -0.4 is 0 Å². The Balaban J connectivity index is 2.25. The third-order valence-corrected chi connectivity index (χ3v) is 2.88. The standard InChI is InChI=1S/C9H15N3OS/c1-2-12-8(10-11-9(12)14)7-5-3-4-6-13-7/h7H,2-6H2,1H3,(H,11,14). The number of rotatable bonds is 2. The number of ether oxygens (including phenoxy) is 1. The number of nitrogens with one attached hydrogen (secondary N) is 1. The minimum atomic E-state index is 0.136. The van der Waals surface area contributed by atoms with Crippen LogP contribution in [0.5, 0.6) is 0 Å². The molecular weight excluding hydrogens is 198 g/mol. The summed E-state index contributed by atoms with van der Waals surface area (Å²) in [6, 6.07) is 0. The van der Waals surface area contributed by atoms with E-state index in [2.05, 4.69) is 17.1 Å². The molecule has 0 radical (unpaired) electrons. The maximum atomic E-state index is 5.67. The predicted molar refractivity (Wildman–Crippen MR) is 55.6 cm³/mol. The van der Waals surface area contributed by atoms with E-state index in [1.165, 1.54) is 6.42 Å². The number of nitrogens with zero attached hydrogens (tertiary/aromatic N) is 2. The molecule has 0 aromatic carbocycles. The van der Waals surface area contributed by atoms with E-state index < -0.39 is 0 Å². The van der Waals surface area contributed by atoms with Gasteiger partial charge in [0, 0.05) is 13.2 Å². The van der Waals surface area contributed by atoms with Crippen LogP contribution in [-0.2, 0) is 11.3 Å². The van der Waals surface area contributed by atoms with Crippen molar-refractivity contribution in [3.8, 4) is 0 Å². The predicted octanol–water partition coefficient (Wildman–Crippen LogP) is 2.20. The van der Waals surface area contributed by atoms with Gasteiger partial charge in [0.2, 0.25) is 0 Å². The Hall–Kier alpha value is -0.680. The van der Waals surface area contributed by atoms with Gasteiger partial charge in [-0.1, -0.05) is 0 Å². The lowest BCUT2D eigenvalue weighted by Crippen LogP contribution is -2.16. The molecule has 4 nitrogen and oxygen atoms in total. The first-order chi connectivity index (χ1) is 6.83. The largest absolute Gasteiger partial charge is 0.370 e. The number of H-pyrrole nitrogens is 1. The summed E-state index contributed by atoms with van der Waals surface area (Å²) >= 11 is 5.13. The number of aromatic nitrogens is 3. The fraction of sp³-hybridized carbons (Fsp3) is 0.778. The summed E-state index contributed by atoms with van der Waals surface area (Å²) in [6.45, 7) is 3.76. The second-order valence-electron chi connectivity index (χ2n) is 3.49. The van der Waals surface area contributed by atoms with Crippen LogP contribution >= 0.6 is 12.2 Å². The molecule has 0 amide bonds. The molecule has 0 saturated carbocycles. The van der Waals surface area contributed by atoms with Crippen LogP contribution in [0, 0.1) is 4.77 Å². The van der Waals surface area contributed by atoms with Crippen LogP contribution in [0.15, 0.2) is 0 Å². The maximum Gasteiger partial charge on any atom is 0.195 e. The quantitative estimate of drug-likeness (QED) is 0.766. The topological polar surface area (TPSA) is 42.8 Å². The van der Waals surface area contributed by atoms with Gasteiger partial charge in [-0.3, -0.25) is 5.10 Å². The molecule has 1 unspecified atom stereocenters. The highest BCUT2D eigenvalue weighted by molar-refractivity contribution is 7.71. The first kappa shape index (κ1) is 9.86. The summed E-state index contributed by atoms with van der Waals surface area (Å²) in [6.07, 6.45) is 3.57. The molecule has 1 atom stereocenters. The zero-order valence-electron chi connectivity index (χ0n) is 8.32. The smallest absolute Gasteiger partial charge is 0.195 e. The molecule has 1 aromatic rings. The van der Waals surface area contributed by atoms with Crippen molar-refractivity contribution in [3.05, 3.63) is 10.6 Å². The first-order valence-electron chi connectivity index (χ1n) is 5.09. The summed E-state index contributed by atoms with van der Waals surface area (Å²) in [5.74, 6) is 0.956. The average Bonchev–Trinajstić information content (AvgIpc) is 2.61. The Morgan fingerprint density at radius 2 is 2.50 bits per heavy atom. The van der Waals surface area contributed by atoms with E-state index in [0.29, 0.717) is 4.77 Å². The fourth-order valence-corrected chi connectivity index (χ4v) is 2.09. The molecule has 78 valence electrons. The van der Waals surface area contributed by atoms with Crippen LogP contribution in [-0.4, -0.2) is 21.4 Å². The van der Waals surface area contributed by atoms with Crippen molar-refractivity contribution < 1.29 is 4.74 Å². The van der Waals surface area contributed by atoms with Gasteiger partial charge < -0.3 is 9.30 Å². The number of hydrogen-bond acceptors (Lipinski definition) is 3. The third kappa shape index (κ3) is 1.74. The van der Waals surface area contributed by atoms with E-state index in [-0.39, 0.29) is 6.10 Å². The van der Waals surface area contributed by atoms with Gasteiger partial charge in [-0.05, 0) is 38.4 Å². The SMILES string of the molecule is CCn1c(C2CCCCO2)n[nH]c1=S. The van der Waals surface area contributed by atoms with Crippen molar-refractivity contribution in [1.29, 1.82) is 0 Å². The molecule has 1 aliphatic heterocycles. The Morgan fingerprint density at radius 3 is 3.14 bits per heavy atom. The zero-order chi connectivity index (χ0) is 9.97. The molecule has 2 rings (SSSR count). The van der Waals surface area contributed by atoms with Gasteiger partial charge in [-0.15, -0.1) is 0 Å². The highest BCUT2D eigenvalue weighted by Crippen LogP contribution is 2.26. The monoisotopic (exact) mass is 213 g/mol. The zero-order valence-corrected chi connectivity index (χ0v) is 9.14. The second-order valence-corrected chi connectivity index (χ2v) is 3.87. The van der Waals surface area contributed by atoms with Gasteiger partial charge in [-0.2, -0.15) is 5.10 Å². The lowest BCUT2D eigenvalue weighted by Gasteiger charge is -2.21. The molecule has 1 N–H and O–H groups in total. The summed E-state index contributed by atoms with van der Waals surface area (Å²) in [5.41, 5.74) is 0. The molecule has 0 spiro atoms. The van der Waals surface area contributed by atoms with Crippen LogP contribution in [0.1, 0.15) is 38.1 Å². The average molecular weight is 213 g/mol. The maximum absolute atomic E-state index is 5.67. The summed E-state index contributed by atoms with van der Waals surface area (Å²) in [7, 11) is 0. The summed E-state index contributed by atoms with van der Waals surface area (Å²) in [5, 5.41) is 7.05. The van der Waals surface area contributed by atoms with E-state index in [0.717, 1.165) is 31.8 Å². The van der Waals surface area contributed by atoms with E-state index in [4.69, 9.17) is 17.0 Å². The van der Waals surface area contributed by atoms with Crippen molar-refractivity contribution >= 4 is 12.2 Å². The summed E-state index contributed by atoms with van der Waals surface area (Å²) in [4.78, 5) is 0. The number of aromatic amines is 1. The van der Waals surface area contributed by atoms with Crippen molar-refractivity contribution in [1.82, 2.24) is 14.8 Å². The molecule has 1 saturated heterocycles. The highest BCUT2D eigenvalue weighted by atomic mass is 32.1. The summed E-state index contributed by atoms with van der Waals surface area (Å²) < 4.78 is 8.37. The molecule has 2 heterocycles. The Kier molecular flexibility index (Phi) is 2.98. The van der Waals surface area contributed by atoms with E-state index in [1.807, 2.05) is 4.57 Å². The van der Waals surface area contributed by atoms with Crippen LogP contribution in [0.2, 0.25) is 0 Å². The van der Waals surface area contributed by atoms with Gasteiger partial charge in [-0.25, -0.2) is 0 Å². The first-order valence-corrected chi connectivity index (χ1v) is 5.50. The van der Waals surface area contributed by atoms with Gasteiger partial charge in [0.25, 0.3) is 0 Å². The minimum absolute atomic E-state index is 0.136. The molecule has 1 aromatic heterocycles. The molecule has 1 aliphatic rings. The Bertz CT molecular complexity index is 351. The van der Waals surface area contributed by atoms with Crippen molar-refractivity contribution in [2.75, 3.05) is 6.61 Å². The second kappa shape index (κ2) is 4.23. The highest BCUT2D eigenvalue weighted by Gasteiger charge is 2.21. The third-order valence-electron chi connectivity index (χ3n) is 2.57. The Labute approximate surface area is 88.3 Å². The van der Waals surface area contributed by atoms with Crippen molar-refractivity contribution in [2.24, 2.45) is 0 Å². The fourth-order valence-electron chi connectivity index (χ4n) is 1.83. The van der Waals surface area contributed by atoms with Crippen molar-refractivity contribution in [3.63, 3.8) is 0 Å².